The molecule has 0 aliphatic heterocycles. The highest BCUT2D eigenvalue weighted by Crippen LogP contribution is 2.15. The van der Waals surface area contributed by atoms with Crippen molar-refractivity contribution in [2.75, 3.05) is 11.9 Å². The van der Waals surface area contributed by atoms with E-state index in [-0.39, 0.29) is 6.42 Å². The number of halogens is 1. The summed E-state index contributed by atoms with van der Waals surface area (Å²) in [4.78, 5) is 10.4. The van der Waals surface area contributed by atoms with Crippen LogP contribution in [0.2, 0.25) is 0 Å². The van der Waals surface area contributed by atoms with Crippen LogP contribution < -0.4 is 5.32 Å². The minimum atomic E-state index is -0.971. The van der Waals surface area contributed by atoms with Gasteiger partial charge in [0.25, 0.3) is 0 Å². The molecule has 4 heteroatoms. The van der Waals surface area contributed by atoms with E-state index in [2.05, 4.69) is 11.9 Å². The van der Waals surface area contributed by atoms with Crippen molar-refractivity contribution in [2.24, 2.45) is 0 Å². The first-order valence-corrected chi connectivity index (χ1v) is 4.48. The van der Waals surface area contributed by atoms with E-state index in [1.807, 2.05) is 0 Å². The standard InChI is InChI=1S/C11H12FNO2/c1-2-5-13-10-4-3-8(6-9(10)12)7-11(14)15/h2-4,6,13H,1,5,7H2,(H,14,15). The first-order valence-electron chi connectivity index (χ1n) is 4.48. The second kappa shape index (κ2) is 5.14. The lowest BCUT2D eigenvalue weighted by Gasteiger charge is -2.06. The molecule has 80 valence electrons. The van der Waals surface area contributed by atoms with E-state index in [4.69, 9.17) is 5.11 Å². The number of carboxylic acid groups (broad SMARTS) is 1. The second-order valence-electron chi connectivity index (χ2n) is 3.05. The van der Waals surface area contributed by atoms with Crippen LogP contribution >= 0.6 is 0 Å². The van der Waals surface area contributed by atoms with Crippen molar-refractivity contribution in [1.29, 1.82) is 0 Å². The molecule has 0 unspecified atom stereocenters. The maximum absolute atomic E-state index is 13.3. The average Bonchev–Trinajstić information content (AvgIpc) is 2.15. The molecule has 3 nitrogen and oxygen atoms in total. The van der Waals surface area contributed by atoms with E-state index in [0.717, 1.165) is 0 Å². The number of nitrogens with one attached hydrogen (secondary N) is 1. The monoisotopic (exact) mass is 209 g/mol. The number of anilines is 1. The van der Waals surface area contributed by atoms with Gasteiger partial charge in [-0.25, -0.2) is 4.39 Å². The number of hydrogen-bond donors (Lipinski definition) is 2. The van der Waals surface area contributed by atoms with E-state index in [0.29, 0.717) is 17.8 Å². The summed E-state index contributed by atoms with van der Waals surface area (Å²) in [6.45, 7) is 3.97. The average molecular weight is 209 g/mol. The van der Waals surface area contributed by atoms with E-state index in [1.165, 1.54) is 12.1 Å². The Hall–Kier alpha value is -1.84. The number of carboxylic acids is 1. The fraction of sp³-hybridized carbons (Fsp3) is 0.182. The van der Waals surface area contributed by atoms with Crippen molar-refractivity contribution in [2.45, 2.75) is 6.42 Å². The van der Waals surface area contributed by atoms with Crippen molar-refractivity contribution in [3.8, 4) is 0 Å². The van der Waals surface area contributed by atoms with Gasteiger partial charge in [-0.3, -0.25) is 4.79 Å². The molecule has 0 bridgehead atoms. The summed E-state index contributed by atoms with van der Waals surface area (Å²) in [5.74, 6) is -1.42. The highest BCUT2D eigenvalue weighted by atomic mass is 19.1. The Kier molecular flexibility index (Phi) is 3.85. The van der Waals surface area contributed by atoms with E-state index in [1.54, 1.807) is 12.1 Å². The van der Waals surface area contributed by atoms with Crippen LogP contribution in [0.3, 0.4) is 0 Å². The maximum Gasteiger partial charge on any atom is 0.307 e. The Balaban J connectivity index is 2.78. The number of benzene rings is 1. The first-order chi connectivity index (χ1) is 7.13. The van der Waals surface area contributed by atoms with Crippen molar-refractivity contribution < 1.29 is 14.3 Å². The molecule has 15 heavy (non-hydrogen) atoms. The third kappa shape index (κ3) is 3.42. The van der Waals surface area contributed by atoms with Crippen LogP contribution in [0.25, 0.3) is 0 Å². The van der Waals surface area contributed by atoms with Crippen LogP contribution in [0.1, 0.15) is 5.56 Å². The van der Waals surface area contributed by atoms with Gasteiger partial charge >= 0.3 is 5.97 Å². The summed E-state index contributed by atoms with van der Waals surface area (Å²) >= 11 is 0. The SMILES string of the molecule is C=CCNc1ccc(CC(=O)O)cc1F. The smallest absolute Gasteiger partial charge is 0.307 e. The minimum absolute atomic E-state index is 0.168. The molecule has 0 amide bonds. The Labute approximate surface area is 87.2 Å². The molecular formula is C11H12FNO2. The van der Waals surface area contributed by atoms with Gasteiger partial charge < -0.3 is 10.4 Å². The lowest BCUT2D eigenvalue weighted by molar-refractivity contribution is -0.136. The van der Waals surface area contributed by atoms with Gasteiger partial charge in [0, 0.05) is 6.54 Å². The lowest BCUT2D eigenvalue weighted by Crippen LogP contribution is -2.03. The van der Waals surface area contributed by atoms with Gasteiger partial charge in [0.05, 0.1) is 12.1 Å². The zero-order valence-corrected chi connectivity index (χ0v) is 8.16. The van der Waals surface area contributed by atoms with Gasteiger partial charge in [-0.05, 0) is 17.7 Å². The third-order valence-electron chi connectivity index (χ3n) is 1.83. The molecule has 1 rings (SSSR count). The molecule has 0 saturated carbocycles. The summed E-state index contributed by atoms with van der Waals surface area (Å²) in [6, 6.07) is 4.33. The zero-order valence-electron chi connectivity index (χ0n) is 8.16. The van der Waals surface area contributed by atoms with E-state index < -0.39 is 11.8 Å². The molecule has 0 heterocycles. The van der Waals surface area contributed by atoms with Gasteiger partial charge in [-0.2, -0.15) is 0 Å². The number of carbonyl (C=O) groups is 1. The first kappa shape index (κ1) is 11.2. The Bertz CT molecular complexity index is 377. The summed E-state index contributed by atoms with van der Waals surface area (Å²) in [5, 5.41) is 11.3. The molecule has 0 aliphatic rings. The summed E-state index contributed by atoms with van der Waals surface area (Å²) < 4.78 is 13.3. The molecule has 0 atom stereocenters. The van der Waals surface area contributed by atoms with Crippen LogP contribution in [-0.2, 0) is 11.2 Å². The summed E-state index contributed by atoms with van der Waals surface area (Å²) in [6.07, 6.45) is 1.45. The number of aliphatic carboxylic acids is 1. The van der Waals surface area contributed by atoms with E-state index in [9.17, 15) is 9.18 Å². The molecule has 0 fully saturated rings. The zero-order chi connectivity index (χ0) is 11.3. The Morgan fingerprint density at radius 3 is 2.87 bits per heavy atom. The Morgan fingerprint density at radius 1 is 1.60 bits per heavy atom. The predicted molar refractivity (Wildman–Crippen MR) is 56.4 cm³/mol. The normalized spacial score (nSPS) is 9.67. The summed E-state index contributed by atoms with van der Waals surface area (Å²) in [5.41, 5.74) is 0.799. The maximum atomic E-state index is 13.3. The predicted octanol–water partition coefficient (Wildman–Crippen LogP) is 2.05. The largest absolute Gasteiger partial charge is 0.481 e. The Morgan fingerprint density at radius 2 is 2.33 bits per heavy atom. The van der Waals surface area contributed by atoms with Gasteiger partial charge in [0.1, 0.15) is 5.82 Å². The second-order valence-corrected chi connectivity index (χ2v) is 3.05. The number of hydrogen-bond acceptors (Lipinski definition) is 2. The molecule has 0 radical (unpaired) electrons. The minimum Gasteiger partial charge on any atom is -0.481 e. The van der Waals surface area contributed by atoms with Crippen LogP contribution in [0.4, 0.5) is 10.1 Å². The van der Waals surface area contributed by atoms with Crippen molar-refractivity contribution in [1.82, 2.24) is 0 Å². The van der Waals surface area contributed by atoms with Gasteiger partial charge in [-0.1, -0.05) is 12.1 Å². The molecule has 1 aromatic rings. The molecule has 0 saturated heterocycles. The van der Waals surface area contributed by atoms with E-state index >= 15 is 0 Å². The quantitative estimate of drug-likeness (QED) is 0.730. The fourth-order valence-corrected chi connectivity index (χ4v) is 1.17. The molecule has 1 aromatic carbocycles. The van der Waals surface area contributed by atoms with Crippen LogP contribution in [0, 0.1) is 5.82 Å². The lowest BCUT2D eigenvalue weighted by atomic mass is 10.1. The van der Waals surface area contributed by atoms with Gasteiger partial charge in [-0.15, -0.1) is 6.58 Å². The van der Waals surface area contributed by atoms with Gasteiger partial charge in [0.15, 0.2) is 0 Å². The van der Waals surface area contributed by atoms with Crippen molar-refractivity contribution in [3.05, 3.63) is 42.2 Å². The molecule has 0 spiro atoms. The highest BCUT2D eigenvalue weighted by Gasteiger charge is 2.05. The van der Waals surface area contributed by atoms with Crippen molar-refractivity contribution in [3.63, 3.8) is 0 Å². The number of rotatable bonds is 5. The van der Waals surface area contributed by atoms with Gasteiger partial charge in [0.2, 0.25) is 0 Å². The van der Waals surface area contributed by atoms with Crippen LogP contribution in [0.15, 0.2) is 30.9 Å². The molecular weight excluding hydrogens is 197 g/mol. The van der Waals surface area contributed by atoms with Crippen LogP contribution in [-0.4, -0.2) is 17.6 Å². The fourth-order valence-electron chi connectivity index (χ4n) is 1.17. The molecule has 0 aliphatic carbocycles. The molecule has 2 N–H and O–H groups in total. The summed E-state index contributed by atoms with van der Waals surface area (Å²) in [7, 11) is 0. The van der Waals surface area contributed by atoms with Crippen molar-refractivity contribution >= 4 is 11.7 Å². The third-order valence-corrected chi connectivity index (χ3v) is 1.83. The molecule has 0 aromatic heterocycles. The van der Waals surface area contributed by atoms with Crippen LogP contribution in [0.5, 0.6) is 0 Å². The highest BCUT2D eigenvalue weighted by molar-refractivity contribution is 5.70. The topological polar surface area (TPSA) is 49.3 Å².